The van der Waals surface area contributed by atoms with Gasteiger partial charge in [-0.2, -0.15) is 0 Å². The zero-order valence-corrected chi connectivity index (χ0v) is 9.45. The minimum absolute atomic E-state index is 0.330. The average molecular weight is 226 g/mol. The van der Waals surface area contributed by atoms with Gasteiger partial charge in [-0.1, -0.05) is 11.6 Å². The van der Waals surface area contributed by atoms with E-state index in [9.17, 15) is 0 Å². The maximum absolute atomic E-state index is 5.93. The third-order valence-corrected chi connectivity index (χ3v) is 2.95. The van der Waals surface area contributed by atoms with Gasteiger partial charge in [0.25, 0.3) is 0 Å². The van der Waals surface area contributed by atoms with Crippen molar-refractivity contribution in [3.63, 3.8) is 0 Å². The molecule has 0 radical (unpaired) electrons. The summed E-state index contributed by atoms with van der Waals surface area (Å²) in [7, 11) is 0. The maximum Gasteiger partial charge on any atom is 0.129 e. The number of nitrogens with zero attached hydrogens (tertiary/aromatic N) is 2. The number of aromatic nitrogens is 1. The van der Waals surface area contributed by atoms with Crippen LogP contribution in [-0.2, 0) is 6.54 Å². The van der Waals surface area contributed by atoms with Crippen molar-refractivity contribution in [3.05, 3.63) is 29.0 Å². The molecule has 1 aliphatic rings. The van der Waals surface area contributed by atoms with E-state index in [0.29, 0.717) is 11.2 Å². The highest BCUT2D eigenvalue weighted by Gasteiger charge is 2.16. The molecule has 4 heteroatoms. The van der Waals surface area contributed by atoms with Crippen LogP contribution in [0.25, 0.3) is 0 Å². The Morgan fingerprint density at radius 3 is 3.20 bits per heavy atom. The predicted octanol–water partition coefficient (Wildman–Crippen LogP) is 1.66. The first-order chi connectivity index (χ1) is 7.24. The van der Waals surface area contributed by atoms with Crippen molar-refractivity contribution in [2.45, 2.75) is 25.4 Å². The highest BCUT2D eigenvalue weighted by atomic mass is 35.5. The topological polar surface area (TPSA) is 42.1 Å². The van der Waals surface area contributed by atoms with Crippen LogP contribution in [0.5, 0.6) is 0 Å². The summed E-state index contributed by atoms with van der Waals surface area (Å²) in [6.07, 6.45) is 4.09. The normalized spacial score (nSPS) is 22.9. The summed E-state index contributed by atoms with van der Waals surface area (Å²) in [5, 5.41) is 0.564. The Labute approximate surface area is 95.2 Å². The van der Waals surface area contributed by atoms with Gasteiger partial charge in [0.2, 0.25) is 0 Å². The van der Waals surface area contributed by atoms with Gasteiger partial charge in [-0.3, -0.25) is 4.90 Å². The summed E-state index contributed by atoms with van der Waals surface area (Å²) in [4.78, 5) is 6.34. The largest absolute Gasteiger partial charge is 0.327 e. The van der Waals surface area contributed by atoms with Crippen LogP contribution in [0.1, 0.15) is 18.4 Å². The average Bonchev–Trinajstić information content (AvgIpc) is 2.17. The fraction of sp³-hybridized carbons (Fsp3) is 0.545. The van der Waals surface area contributed by atoms with Gasteiger partial charge in [-0.15, -0.1) is 0 Å². The SMILES string of the molecule is NC1CCCN(Cc2ccnc(Cl)c2)C1. The summed E-state index contributed by atoms with van der Waals surface area (Å²) in [5.41, 5.74) is 7.14. The van der Waals surface area contributed by atoms with Crippen LogP contribution in [0.4, 0.5) is 0 Å². The molecular formula is C11H16ClN3. The van der Waals surface area contributed by atoms with E-state index in [-0.39, 0.29) is 0 Å². The highest BCUT2D eigenvalue weighted by Crippen LogP contribution is 2.14. The second kappa shape index (κ2) is 4.92. The van der Waals surface area contributed by atoms with E-state index in [1.54, 1.807) is 6.20 Å². The number of hydrogen-bond acceptors (Lipinski definition) is 3. The van der Waals surface area contributed by atoms with Gasteiger partial charge in [-0.05, 0) is 37.1 Å². The lowest BCUT2D eigenvalue weighted by Crippen LogP contribution is -2.42. The van der Waals surface area contributed by atoms with E-state index in [1.165, 1.54) is 12.0 Å². The lowest BCUT2D eigenvalue weighted by Gasteiger charge is -2.30. The molecule has 1 saturated heterocycles. The third-order valence-electron chi connectivity index (χ3n) is 2.74. The Kier molecular flexibility index (Phi) is 3.57. The van der Waals surface area contributed by atoms with Crippen molar-refractivity contribution < 1.29 is 0 Å². The first-order valence-electron chi connectivity index (χ1n) is 5.32. The van der Waals surface area contributed by atoms with E-state index in [4.69, 9.17) is 17.3 Å². The summed E-state index contributed by atoms with van der Waals surface area (Å²) in [6.45, 7) is 3.05. The summed E-state index contributed by atoms with van der Waals surface area (Å²) < 4.78 is 0. The fourth-order valence-corrected chi connectivity index (χ4v) is 2.23. The smallest absolute Gasteiger partial charge is 0.129 e. The molecule has 0 spiro atoms. The highest BCUT2D eigenvalue weighted by molar-refractivity contribution is 6.29. The molecular weight excluding hydrogens is 210 g/mol. The van der Waals surface area contributed by atoms with Crippen LogP contribution in [-0.4, -0.2) is 29.0 Å². The van der Waals surface area contributed by atoms with E-state index in [2.05, 4.69) is 9.88 Å². The van der Waals surface area contributed by atoms with Crippen molar-refractivity contribution in [2.24, 2.45) is 5.73 Å². The molecule has 1 unspecified atom stereocenters. The molecule has 2 N–H and O–H groups in total. The van der Waals surface area contributed by atoms with Crippen LogP contribution in [0, 0.1) is 0 Å². The fourth-order valence-electron chi connectivity index (χ4n) is 2.03. The third kappa shape index (κ3) is 3.16. The van der Waals surface area contributed by atoms with Gasteiger partial charge in [0.15, 0.2) is 0 Å². The number of piperidine rings is 1. The Morgan fingerprint density at radius 1 is 1.60 bits per heavy atom. The number of rotatable bonds is 2. The predicted molar refractivity (Wildman–Crippen MR) is 61.7 cm³/mol. The van der Waals surface area contributed by atoms with Gasteiger partial charge in [0, 0.05) is 25.3 Å². The maximum atomic E-state index is 5.93. The summed E-state index contributed by atoms with van der Waals surface area (Å²) in [5.74, 6) is 0. The molecule has 3 nitrogen and oxygen atoms in total. The molecule has 1 aromatic heterocycles. The van der Waals surface area contributed by atoms with Gasteiger partial charge in [0.1, 0.15) is 5.15 Å². The van der Waals surface area contributed by atoms with E-state index < -0.39 is 0 Å². The number of hydrogen-bond donors (Lipinski definition) is 1. The molecule has 0 saturated carbocycles. The van der Waals surface area contributed by atoms with Crippen molar-refractivity contribution >= 4 is 11.6 Å². The number of nitrogens with two attached hydrogens (primary N) is 1. The second-order valence-corrected chi connectivity index (χ2v) is 4.51. The van der Waals surface area contributed by atoms with Crippen molar-refractivity contribution in [3.8, 4) is 0 Å². The first kappa shape index (κ1) is 10.9. The molecule has 82 valence electrons. The molecule has 2 heterocycles. The van der Waals surface area contributed by atoms with E-state index in [1.807, 2.05) is 12.1 Å². The molecule has 0 aromatic carbocycles. The Balaban J connectivity index is 1.96. The molecule has 1 aromatic rings. The van der Waals surface area contributed by atoms with Gasteiger partial charge >= 0.3 is 0 Å². The minimum Gasteiger partial charge on any atom is -0.327 e. The molecule has 0 bridgehead atoms. The van der Waals surface area contributed by atoms with E-state index >= 15 is 0 Å². The number of likely N-dealkylation sites (tertiary alicyclic amines) is 1. The van der Waals surface area contributed by atoms with Gasteiger partial charge in [-0.25, -0.2) is 4.98 Å². The molecule has 2 rings (SSSR count). The van der Waals surface area contributed by atoms with Crippen molar-refractivity contribution in [1.82, 2.24) is 9.88 Å². The number of pyridine rings is 1. The summed E-state index contributed by atoms with van der Waals surface area (Å²) in [6, 6.07) is 4.25. The van der Waals surface area contributed by atoms with Gasteiger partial charge < -0.3 is 5.73 Å². The molecule has 0 aliphatic carbocycles. The Bertz CT molecular complexity index is 329. The molecule has 15 heavy (non-hydrogen) atoms. The molecule has 1 aliphatic heterocycles. The van der Waals surface area contributed by atoms with Crippen LogP contribution < -0.4 is 5.73 Å². The Morgan fingerprint density at radius 2 is 2.47 bits per heavy atom. The standard InChI is InChI=1S/C11H16ClN3/c12-11-6-9(3-4-14-11)7-15-5-1-2-10(13)8-15/h3-4,6,10H,1-2,5,7-8,13H2. The Hall–Kier alpha value is -0.640. The molecule has 1 fully saturated rings. The zero-order chi connectivity index (χ0) is 10.7. The quantitative estimate of drug-likeness (QED) is 0.779. The van der Waals surface area contributed by atoms with Crippen LogP contribution in [0.3, 0.4) is 0 Å². The summed E-state index contributed by atoms with van der Waals surface area (Å²) >= 11 is 5.84. The zero-order valence-electron chi connectivity index (χ0n) is 8.69. The van der Waals surface area contributed by atoms with Crippen LogP contribution in [0.2, 0.25) is 5.15 Å². The van der Waals surface area contributed by atoms with Crippen LogP contribution in [0.15, 0.2) is 18.3 Å². The minimum atomic E-state index is 0.330. The second-order valence-electron chi connectivity index (χ2n) is 4.12. The van der Waals surface area contributed by atoms with Gasteiger partial charge in [0.05, 0.1) is 0 Å². The molecule has 0 amide bonds. The molecule has 1 atom stereocenters. The number of halogens is 1. The van der Waals surface area contributed by atoms with Crippen LogP contribution >= 0.6 is 11.6 Å². The van der Waals surface area contributed by atoms with Crippen molar-refractivity contribution in [1.29, 1.82) is 0 Å². The monoisotopic (exact) mass is 225 g/mol. The van der Waals surface area contributed by atoms with E-state index in [0.717, 1.165) is 26.1 Å². The lowest BCUT2D eigenvalue weighted by molar-refractivity contribution is 0.201. The lowest BCUT2D eigenvalue weighted by atomic mass is 10.1. The first-order valence-corrected chi connectivity index (χ1v) is 5.70. The van der Waals surface area contributed by atoms with Crippen molar-refractivity contribution in [2.75, 3.05) is 13.1 Å².